The Morgan fingerprint density at radius 2 is 2.10 bits per heavy atom. The number of hydrogen-bond acceptors (Lipinski definition) is 5. The van der Waals surface area contributed by atoms with Crippen molar-refractivity contribution in [3.05, 3.63) is 11.1 Å². The van der Waals surface area contributed by atoms with Crippen LogP contribution in [0, 0.1) is 4.77 Å². The second-order valence-electron chi connectivity index (χ2n) is 5.57. The molecule has 1 aliphatic heterocycles. The molecule has 6 nitrogen and oxygen atoms in total. The Morgan fingerprint density at radius 3 is 2.81 bits per heavy atom. The van der Waals surface area contributed by atoms with Gasteiger partial charge in [0.2, 0.25) is 5.88 Å². The number of methoxy groups -OCH3 is 1. The number of H-pyrrole nitrogens is 1. The van der Waals surface area contributed by atoms with E-state index in [1.54, 1.807) is 7.11 Å². The summed E-state index contributed by atoms with van der Waals surface area (Å²) >= 11 is 5.45. The molecule has 0 spiro atoms. The summed E-state index contributed by atoms with van der Waals surface area (Å²) in [6.45, 7) is 5.44. The highest BCUT2D eigenvalue weighted by molar-refractivity contribution is 7.71. The first-order valence-corrected chi connectivity index (χ1v) is 7.83. The summed E-state index contributed by atoms with van der Waals surface area (Å²) in [5.74, 6) is 0.537. The van der Waals surface area contributed by atoms with Gasteiger partial charge in [0.05, 0.1) is 7.11 Å². The normalized spacial score (nSPS) is 18.0. The minimum atomic E-state index is 0.442. The maximum atomic E-state index is 5.45. The van der Waals surface area contributed by atoms with Crippen molar-refractivity contribution in [2.24, 2.45) is 0 Å². The zero-order chi connectivity index (χ0) is 14.8. The number of piperidine rings is 1. The van der Waals surface area contributed by atoms with Gasteiger partial charge in [-0.25, -0.2) is 4.98 Å². The van der Waals surface area contributed by atoms with Crippen molar-refractivity contribution in [3.63, 3.8) is 0 Å². The summed E-state index contributed by atoms with van der Waals surface area (Å²) < 4.78 is 7.99. The Balaban J connectivity index is 1.89. The quantitative estimate of drug-likeness (QED) is 0.879. The number of aromatic amines is 1. The minimum absolute atomic E-state index is 0.442. The highest BCUT2D eigenvalue weighted by Crippen LogP contribution is 2.21. The van der Waals surface area contributed by atoms with Crippen LogP contribution in [0.2, 0.25) is 0 Å². The molecule has 21 heavy (non-hydrogen) atoms. The van der Waals surface area contributed by atoms with Crippen molar-refractivity contribution in [1.82, 2.24) is 24.4 Å². The minimum Gasteiger partial charge on any atom is -0.479 e. The second kappa shape index (κ2) is 6.11. The number of fused-ring (bicyclic) bond motifs is 1. The third-order valence-corrected chi connectivity index (χ3v) is 4.50. The van der Waals surface area contributed by atoms with Gasteiger partial charge in [0, 0.05) is 12.6 Å². The van der Waals surface area contributed by atoms with Crippen LogP contribution in [0.15, 0.2) is 6.33 Å². The van der Waals surface area contributed by atoms with Crippen LogP contribution in [0.1, 0.15) is 26.2 Å². The molecule has 1 N–H and O–H groups in total. The molecule has 3 heterocycles. The Morgan fingerprint density at radius 1 is 1.33 bits per heavy atom. The second-order valence-corrected chi connectivity index (χ2v) is 5.95. The van der Waals surface area contributed by atoms with Crippen LogP contribution >= 0.6 is 12.2 Å². The summed E-state index contributed by atoms with van der Waals surface area (Å²) in [5.41, 5.74) is 1.59. The molecule has 0 amide bonds. The maximum absolute atomic E-state index is 5.45. The van der Waals surface area contributed by atoms with Gasteiger partial charge in [-0.1, -0.05) is 6.42 Å². The summed E-state index contributed by atoms with van der Waals surface area (Å²) in [6, 6.07) is 0.442. The van der Waals surface area contributed by atoms with E-state index in [4.69, 9.17) is 17.0 Å². The number of rotatable bonds is 4. The summed E-state index contributed by atoms with van der Waals surface area (Å²) in [7, 11) is 1.60. The van der Waals surface area contributed by atoms with Crippen molar-refractivity contribution in [1.29, 1.82) is 0 Å². The fourth-order valence-corrected chi connectivity index (χ4v) is 3.27. The lowest BCUT2D eigenvalue weighted by Gasteiger charge is -2.32. The lowest BCUT2D eigenvalue weighted by Crippen LogP contribution is -2.39. The highest BCUT2D eigenvalue weighted by Gasteiger charge is 2.19. The molecule has 0 radical (unpaired) electrons. The first-order valence-electron chi connectivity index (χ1n) is 7.42. The third kappa shape index (κ3) is 2.80. The van der Waals surface area contributed by atoms with Gasteiger partial charge >= 0.3 is 0 Å². The molecule has 0 bridgehead atoms. The number of likely N-dealkylation sites (tertiary alicyclic amines) is 1. The average Bonchev–Trinajstić information content (AvgIpc) is 2.84. The topological polar surface area (TPSA) is 59.0 Å². The molecule has 0 saturated carbocycles. The number of ether oxygens (including phenoxy) is 1. The third-order valence-electron chi connectivity index (χ3n) is 4.18. The SMILES string of the molecule is COc1ncnc2c1[nH]c(=S)n2CC(C)N1CCCCC1. The van der Waals surface area contributed by atoms with E-state index in [1.807, 2.05) is 4.57 Å². The van der Waals surface area contributed by atoms with Crippen molar-refractivity contribution in [2.75, 3.05) is 20.2 Å². The van der Waals surface area contributed by atoms with Crippen molar-refractivity contribution < 1.29 is 4.74 Å². The van der Waals surface area contributed by atoms with E-state index in [0.717, 1.165) is 17.7 Å². The fourth-order valence-electron chi connectivity index (χ4n) is 3.01. The van der Waals surface area contributed by atoms with Crippen molar-refractivity contribution in [2.45, 2.75) is 38.8 Å². The van der Waals surface area contributed by atoms with Crippen molar-refractivity contribution in [3.8, 4) is 5.88 Å². The molecule has 1 unspecified atom stereocenters. The molecule has 114 valence electrons. The smallest absolute Gasteiger partial charge is 0.242 e. The van der Waals surface area contributed by atoms with E-state index in [2.05, 4.69) is 26.8 Å². The van der Waals surface area contributed by atoms with Gasteiger partial charge in [0.25, 0.3) is 0 Å². The van der Waals surface area contributed by atoms with Crippen molar-refractivity contribution >= 4 is 23.4 Å². The molecule has 7 heteroatoms. The zero-order valence-corrected chi connectivity index (χ0v) is 13.3. The van der Waals surface area contributed by atoms with Gasteiger partial charge in [-0.05, 0) is 45.1 Å². The highest BCUT2D eigenvalue weighted by atomic mass is 32.1. The molecular weight excluding hydrogens is 286 g/mol. The van der Waals surface area contributed by atoms with E-state index in [9.17, 15) is 0 Å². The number of nitrogens with one attached hydrogen (secondary N) is 1. The van der Waals surface area contributed by atoms with Gasteiger partial charge in [-0.15, -0.1) is 0 Å². The van der Waals surface area contributed by atoms with Gasteiger partial charge in [0.1, 0.15) is 11.8 Å². The lowest BCUT2D eigenvalue weighted by atomic mass is 10.1. The first-order chi connectivity index (χ1) is 10.2. The fraction of sp³-hybridized carbons (Fsp3) is 0.643. The molecule has 0 aliphatic carbocycles. The maximum Gasteiger partial charge on any atom is 0.242 e. The summed E-state index contributed by atoms with van der Waals surface area (Å²) in [6.07, 6.45) is 5.45. The summed E-state index contributed by atoms with van der Waals surface area (Å²) in [4.78, 5) is 14.2. The van der Waals surface area contributed by atoms with Crippen LogP contribution in [0.4, 0.5) is 0 Å². The first kappa shape index (κ1) is 14.5. The molecule has 3 rings (SSSR count). The molecule has 2 aromatic rings. The van der Waals surface area contributed by atoms with Gasteiger partial charge in [-0.2, -0.15) is 4.98 Å². The Kier molecular flexibility index (Phi) is 4.21. The van der Waals surface area contributed by atoms with Crippen LogP contribution < -0.4 is 4.74 Å². The number of hydrogen-bond donors (Lipinski definition) is 1. The Bertz CT molecular complexity index is 674. The van der Waals surface area contributed by atoms with E-state index >= 15 is 0 Å². The van der Waals surface area contributed by atoms with Gasteiger partial charge < -0.3 is 9.72 Å². The Labute approximate surface area is 129 Å². The van der Waals surface area contributed by atoms with Crippen LogP contribution in [-0.4, -0.2) is 50.7 Å². The predicted molar refractivity (Wildman–Crippen MR) is 84.2 cm³/mol. The summed E-state index contributed by atoms with van der Waals surface area (Å²) in [5, 5.41) is 0. The van der Waals surface area contributed by atoms with Crippen LogP contribution in [0.5, 0.6) is 5.88 Å². The Hall–Kier alpha value is -1.47. The molecule has 2 aromatic heterocycles. The molecule has 0 aromatic carbocycles. The monoisotopic (exact) mass is 307 g/mol. The van der Waals surface area contributed by atoms with E-state index in [1.165, 1.54) is 38.7 Å². The zero-order valence-electron chi connectivity index (χ0n) is 12.5. The molecular formula is C14H21N5OS. The number of imidazole rings is 1. The number of aromatic nitrogens is 4. The van der Waals surface area contributed by atoms with Gasteiger partial charge in [0.15, 0.2) is 10.4 Å². The molecule has 1 saturated heterocycles. The largest absolute Gasteiger partial charge is 0.479 e. The van der Waals surface area contributed by atoms with Crippen LogP contribution in [0.25, 0.3) is 11.2 Å². The van der Waals surface area contributed by atoms with Gasteiger partial charge in [-0.3, -0.25) is 9.47 Å². The molecule has 1 fully saturated rings. The lowest BCUT2D eigenvalue weighted by molar-refractivity contribution is 0.160. The number of nitrogens with zero attached hydrogens (tertiary/aromatic N) is 4. The van der Waals surface area contributed by atoms with Crippen LogP contribution in [-0.2, 0) is 6.54 Å². The predicted octanol–water partition coefficient (Wildman–Crippen LogP) is 2.37. The van der Waals surface area contributed by atoms with Crippen LogP contribution in [0.3, 0.4) is 0 Å². The molecule has 1 aliphatic rings. The standard InChI is InChI=1S/C14H21N5OS/c1-10(18-6-4-3-5-7-18)8-19-12-11(17-14(19)21)13(20-2)16-9-15-12/h9-10H,3-8H2,1-2H3,(H,17,21). The van der Waals surface area contributed by atoms with E-state index < -0.39 is 0 Å². The van der Waals surface area contributed by atoms with E-state index in [0.29, 0.717) is 16.7 Å². The average molecular weight is 307 g/mol. The molecule has 1 atom stereocenters. The van der Waals surface area contributed by atoms with E-state index in [-0.39, 0.29) is 0 Å².